The average molecular weight is 513 g/mol. The summed E-state index contributed by atoms with van der Waals surface area (Å²) >= 11 is 1.97. The van der Waals surface area contributed by atoms with Crippen LogP contribution in [0.5, 0.6) is 11.5 Å². The Bertz CT molecular complexity index is 1120. The van der Waals surface area contributed by atoms with Crippen molar-refractivity contribution in [3.8, 4) is 11.5 Å². The van der Waals surface area contributed by atoms with E-state index >= 15 is 0 Å². The number of methoxy groups -OCH3 is 1. The normalized spacial score (nSPS) is 15.9. The Morgan fingerprint density at radius 3 is 2.46 bits per heavy atom. The van der Waals surface area contributed by atoms with Gasteiger partial charge in [-0.1, -0.05) is 0 Å². The molecule has 0 radical (unpaired) electrons. The highest BCUT2D eigenvalue weighted by Gasteiger charge is 2.29. The van der Waals surface area contributed by atoms with Crippen LogP contribution in [0.4, 0.5) is 5.69 Å². The minimum Gasteiger partial charge on any atom is -0.504 e. The summed E-state index contributed by atoms with van der Waals surface area (Å²) in [7, 11) is -2.37. The number of hydrazone groups is 1. The van der Waals surface area contributed by atoms with Crippen LogP contribution in [0.1, 0.15) is 12.5 Å². The van der Waals surface area contributed by atoms with Crippen LogP contribution in [0, 0.1) is 3.57 Å². The lowest BCUT2D eigenvalue weighted by molar-refractivity contribution is -0.114. The summed E-state index contributed by atoms with van der Waals surface area (Å²) in [5, 5.41) is 20.5. The molecule has 3 N–H and O–H groups in total. The molecule has 28 heavy (non-hydrogen) atoms. The highest BCUT2D eigenvalue weighted by molar-refractivity contribution is 14.1. The van der Waals surface area contributed by atoms with E-state index in [1.165, 1.54) is 36.4 Å². The summed E-state index contributed by atoms with van der Waals surface area (Å²) in [5.41, 5.74) is 1.96. The fraction of sp³-hybridized carbons (Fsp3) is 0.111. The van der Waals surface area contributed by atoms with Crippen LogP contribution < -0.4 is 14.9 Å². The van der Waals surface area contributed by atoms with Gasteiger partial charge in [0, 0.05) is 0 Å². The molecule has 0 atom stereocenters. The van der Waals surface area contributed by atoms with Crippen molar-refractivity contribution in [2.75, 3.05) is 12.1 Å². The first kappa shape index (κ1) is 20.3. The Morgan fingerprint density at radius 2 is 1.89 bits per heavy atom. The number of aromatic hydroxyl groups is 1. The van der Waals surface area contributed by atoms with E-state index in [9.17, 15) is 18.3 Å². The summed E-state index contributed by atoms with van der Waals surface area (Å²) in [4.78, 5) is 12.8. The number of anilines is 1. The van der Waals surface area contributed by atoms with Gasteiger partial charge >= 0.3 is 0 Å². The third kappa shape index (κ3) is 3.88. The van der Waals surface area contributed by atoms with Gasteiger partial charge in [0.05, 0.1) is 32.5 Å². The van der Waals surface area contributed by atoms with Gasteiger partial charge in [-0.25, -0.2) is 13.6 Å². The number of primary sulfonamides is 1. The van der Waals surface area contributed by atoms with Crippen molar-refractivity contribution >= 4 is 56.0 Å². The van der Waals surface area contributed by atoms with Crippen LogP contribution >= 0.6 is 22.6 Å². The van der Waals surface area contributed by atoms with Crippen molar-refractivity contribution in [3.63, 3.8) is 0 Å². The van der Waals surface area contributed by atoms with E-state index in [4.69, 9.17) is 9.88 Å². The maximum atomic E-state index is 12.8. The fourth-order valence-corrected chi connectivity index (χ4v) is 3.78. The molecule has 0 saturated carbocycles. The van der Waals surface area contributed by atoms with Crippen LogP contribution in [-0.2, 0) is 14.8 Å². The van der Waals surface area contributed by atoms with Gasteiger partial charge in [0.25, 0.3) is 5.91 Å². The molecule has 0 bridgehead atoms. The molecule has 0 aliphatic carbocycles. The van der Waals surface area contributed by atoms with Crippen molar-refractivity contribution in [1.82, 2.24) is 0 Å². The van der Waals surface area contributed by atoms with Crippen molar-refractivity contribution in [2.24, 2.45) is 10.2 Å². The van der Waals surface area contributed by atoms with E-state index in [1.54, 1.807) is 25.1 Å². The number of amides is 1. The number of phenolic OH excluding ortho intramolecular Hbond substituents is 1. The van der Waals surface area contributed by atoms with Crippen molar-refractivity contribution in [1.29, 1.82) is 0 Å². The minimum atomic E-state index is -3.82. The van der Waals surface area contributed by atoms with Crippen LogP contribution in [0.15, 0.2) is 52.0 Å². The molecule has 0 fully saturated rings. The number of hydrogen-bond donors (Lipinski definition) is 2. The van der Waals surface area contributed by atoms with Crippen LogP contribution in [0.3, 0.4) is 0 Å². The number of nitrogens with two attached hydrogens (primary N) is 1. The molecule has 1 aliphatic rings. The number of ether oxygens (including phenoxy) is 1. The third-order valence-corrected chi connectivity index (χ3v) is 5.81. The molecule has 2 aromatic rings. The predicted octanol–water partition coefficient (Wildman–Crippen LogP) is 2.46. The number of carbonyl (C=O) groups excluding carboxylic acids is 1. The number of benzene rings is 2. The topological polar surface area (TPSA) is 122 Å². The molecule has 3 rings (SSSR count). The van der Waals surface area contributed by atoms with E-state index in [2.05, 4.69) is 5.10 Å². The number of carbonyl (C=O) groups is 1. The van der Waals surface area contributed by atoms with Gasteiger partial charge in [0.2, 0.25) is 10.0 Å². The van der Waals surface area contributed by atoms with E-state index in [-0.39, 0.29) is 16.6 Å². The SMILES string of the molecule is COc1cc(/C=C2/C(=O)N(c3ccc(S(N)(=O)=O)cc3)N=C2C)cc(I)c1O. The minimum absolute atomic E-state index is 0.0324. The monoisotopic (exact) mass is 513 g/mol. The second-order valence-electron chi connectivity index (χ2n) is 5.95. The molecular formula is C18H16IN3O5S. The first-order chi connectivity index (χ1) is 13.1. The lowest BCUT2D eigenvalue weighted by Crippen LogP contribution is -2.21. The lowest BCUT2D eigenvalue weighted by atomic mass is 10.1. The molecule has 0 aromatic heterocycles. The Hall–Kier alpha value is -2.44. The van der Waals surface area contributed by atoms with E-state index in [0.717, 1.165) is 0 Å². The van der Waals surface area contributed by atoms with E-state index in [1.807, 2.05) is 22.6 Å². The standard InChI is InChI=1S/C18H16IN3O5S/c1-10-14(7-11-8-15(19)17(23)16(9-11)27-2)18(24)22(21-10)12-3-5-13(6-4-12)28(20,25)26/h3-9,23H,1-2H3,(H2,20,25,26)/b14-7+. The molecular weight excluding hydrogens is 497 g/mol. The first-order valence-electron chi connectivity index (χ1n) is 7.93. The van der Waals surface area contributed by atoms with Crippen molar-refractivity contribution < 1.29 is 23.1 Å². The van der Waals surface area contributed by atoms with Gasteiger partial charge in [-0.05, 0) is 77.6 Å². The second-order valence-corrected chi connectivity index (χ2v) is 8.68. The largest absolute Gasteiger partial charge is 0.504 e. The summed E-state index contributed by atoms with van der Waals surface area (Å²) < 4.78 is 28.5. The van der Waals surface area contributed by atoms with Crippen LogP contribution in [-0.4, -0.2) is 32.3 Å². The highest BCUT2D eigenvalue weighted by Crippen LogP contribution is 2.34. The molecule has 10 heteroatoms. The number of halogens is 1. The predicted molar refractivity (Wildman–Crippen MR) is 114 cm³/mol. The summed E-state index contributed by atoms with van der Waals surface area (Å²) in [6.07, 6.45) is 1.66. The summed E-state index contributed by atoms with van der Waals surface area (Å²) in [6, 6.07) is 8.90. The lowest BCUT2D eigenvalue weighted by Gasteiger charge is -2.12. The van der Waals surface area contributed by atoms with Crippen molar-refractivity contribution in [3.05, 3.63) is 51.1 Å². The van der Waals surface area contributed by atoms with Gasteiger partial charge in [-0.3, -0.25) is 4.79 Å². The summed E-state index contributed by atoms with van der Waals surface area (Å²) in [5.74, 6) is -0.0258. The number of rotatable bonds is 4. The molecule has 1 heterocycles. The molecule has 1 aliphatic heterocycles. The fourth-order valence-electron chi connectivity index (χ4n) is 2.64. The summed E-state index contributed by atoms with van der Waals surface area (Å²) in [6.45, 7) is 1.70. The van der Waals surface area contributed by atoms with E-state index in [0.29, 0.717) is 31.9 Å². The van der Waals surface area contributed by atoms with E-state index < -0.39 is 10.0 Å². The third-order valence-electron chi connectivity index (χ3n) is 4.05. The van der Waals surface area contributed by atoms with Gasteiger partial charge < -0.3 is 9.84 Å². The highest BCUT2D eigenvalue weighted by atomic mass is 127. The van der Waals surface area contributed by atoms with Gasteiger partial charge in [-0.15, -0.1) is 0 Å². The Morgan fingerprint density at radius 1 is 1.25 bits per heavy atom. The maximum absolute atomic E-state index is 12.8. The average Bonchev–Trinajstić information content (AvgIpc) is 2.92. The number of phenols is 1. The quantitative estimate of drug-likeness (QED) is 0.481. The Kier molecular flexibility index (Phi) is 5.46. The van der Waals surface area contributed by atoms with Crippen LogP contribution in [0.25, 0.3) is 6.08 Å². The Labute approximate surface area is 175 Å². The number of sulfonamides is 1. The van der Waals surface area contributed by atoms with Gasteiger partial charge in [-0.2, -0.15) is 10.1 Å². The number of hydrogen-bond acceptors (Lipinski definition) is 6. The molecule has 0 saturated heterocycles. The molecule has 8 nitrogen and oxygen atoms in total. The van der Waals surface area contributed by atoms with Gasteiger partial charge in [0.1, 0.15) is 0 Å². The second kappa shape index (κ2) is 7.53. The van der Waals surface area contributed by atoms with Crippen molar-refractivity contribution in [2.45, 2.75) is 11.8 Å². The van der Waals surface area contributed by atoms with Gasteiger partial charge in [0.15, 0.2) is 11.5 Å². The van der Waals surface area contributed by atoms with Crippen LogP contribution in [0.2, 0.25) is 0 Å². The maximum Gasteiger partial charge on any atom is 0.280 e. The zero-order valence-corrected chi connectivity index (χ0v) is 17.9. The zero-order valence-electron chi connectivity index (χ0n) is 14.9. The molecule has 146 valence electrons. The smallest absolute Gasteiger partial charge is 0.280 e. The first-order valence-corrected chi connectivity index (χ1v) is 10.6. The number of nitrogens with zero attached hydrogens (tertiary/aromatic N) is 2. The zero-order chi connectivity index (χ0) is 20.6. The molecule has 0 unspecified atom stereocenters. The molecule has 2 aromatic carbocycles. The molecule has 0 spiro atoms. The Balaban J connectivity index is 1.95. The molecule has 1 amide bonds.